The van der Waals surface area contributed by atoms with Gasteiger partial charge in [-0.1, -0.05) is 25.1 Å². The Kier molecular flexibility index (Phi) is 4.74. The van der Waals surface area contributed by atoms with Crippen molar-refractivity contribution in [1.82, 2.24) is 9.88 Å². The number of para-hydroxylation sites is 1. The summed E-state index contributed by atoms with van der Waals surface area (Å²) >= 11 is 0. The molecule has 0 bridgehead atoms. The molecule has 0 fully saturated rings. The molecule has 5 nitrogen and oxygen atoms in total. The van der Waals surface area contributed by atoms with Crippen LogP contribution in [0, 0.1) is 6.92 Å². The van der Waals surface area contributed by atoms with Crippen molar-refractivity contribution in [2.24, 2.45) is 0 Å². The first-order chi connectivity index (χ1) is 12.0. The first-order valence-corrected chi connectivity index (χ1v) is 8.50. The van der Waals surface area contributed by atoms with E-state index >= 15 is 0 Å². The van der Waals surface area contributed by atoms with Crippen LogP contribution in [0.25, 0.3) is 11.0 Å². The van der Waals surface area contributed by atoms with E-state index in [1.165, 1.54) is 0 Å². The third-order valence-electron chi connectivity index (χ3n) is 4.33. The zero-order valence-electron chi connectivity index (χ0n) is 14.7. The number of nitrogens with zero attached hydrogens (tertiary/aromatic N) is 1. The minimum atomic E-state index is -0.358. The quantitative estimate of drug-likeness (QED) is 0.763. The van der Waals surface area contributed by atoms with E-state index in [2.05, 4.69) is 4.98 Å². The highest BCUT2D eigenvalue weighted by atomic mass is 16.3. The van der Waals surface area contributed by atoms with E-state index in [0.717, 1.165) is 23.1 Å². The number of aromatic nitrogens is 1. The van der Waals surface area contributed by atoms with Crippen LogP contribution in [-0.4, -0.2) is 22.3 Å². The monoisotopic (exact) mass is 338 g/mol. The summed E-state index contributed by atoms with van der Waals surface area (Å²) in [6.45, 7) is 6.26. The summed E-state index contributed by atoms with van der Waals surface area (Å²) < 4.78 is 5.91. The van der Waals surface area contributed by atoms with Crippen LogP contribution in [0.15, 0.2) is 51.7 Å². The predicted molar refractivity (Wildman–Crippen MR) is 97.8 cm³/mol. The van der Waals surface area contributed by atoms with Crippen molar-refractivity contribution in [3.8, 4) is 0 Å². The summed E-state index contributed by atoms with van der Waals surface area (Å²) in [5, 5.41) is 1.00. The van der Waals surface area contributed by atoms with Gasteiger partial charge in [-0.15, -0.1) is 0 Å². The zero-order chi connectivity index (χ0) is 18.0. The molecule has 130 valence electrons. The Morgan fingerprint density at radius 1 is 1.24 bits per heavy atom. The van der Waals surface area contributed by atoms with Gasteiger partial charge in [0.1, 0.15) is 16.9 Å². The van der Waals surface area contributed by atoms with Crippen LogP contribution < -0.4 is 5.56 Å². The molecule has 1 atom stereocenters. The van der Waals surface area contributed by atoms with Crippen molar-refractivity contribution >= 4 is 16.9 Å². The summed E-state index contributed by atoms with van der Waals surface area (Å²) in [7, 11) is 0. The predicted octanol–water partition coefficient (Wildman–Crippen LogP) is 4.04. The smallest absolute Gasteiger partial charge is 0.260 e. The lowest BCUT2D eigenvalue weighted by atomic mass is 10.1. The first-order valence-electron chi connectivity index (χ1n) is 8.50. The van der Waals surface area contributed by atoms with Crippen molar-refractivity contribution in [3.63, 3.8) is 0 Å². The highest BCUT2D eigenvalue weighted by Gasteiger charge is 2.26. The van der Waals surface area contributed by atoms with Crippen LogP contribution >= 0.6 is 0 Å². The van der Waals surface area contributed by atoms with Gasteiger partial charge in [0.05, 0.1) is 6.04 Å². The SMILES string of the molecule is CCCN(C(=O)c1ccc(C)[nH]c1=O)C(C)c1cc2ccccc2o1. The molecule has 0 saturated carbocycles. The third kappa shape index (κ3) is 3.36. The Morgan fingerprint density at radius 2 is 2.00 bits per heavy atom. The van der Waals surface area contributed by atoms with E-state index in [0.29, 0.717) is 12.3 Å². The van der Waals surface area contributed by atoms with Gasteiger partial charge in [0.15, 0.2) is 0 Å². The lowest BCUT2D eigenvalue weighted by Gasteiger charge is -2.27. The van der Waals surface area contributed by atoms with E-state index in [-0.39, 0.29) is 23.1 Å². The van der Waals surface area contributed by atoms with Crippen molar-refractivity contribution in [2.45, 2.75) is 33.2 Å². The Balaban J connectivity index is 1.96. The van der Waals surface area contributed by atoms with E-state index in [9.17, 15) is 9.59 Å². The number of hydrogen-bond donors (Lipinski definition) is 1. The number of fused-ring (bicyclic) bond motifs is 1. The van der Waals surface area contributed by atoms with Crippen LogP contribution in [0.3, 0.4) is 0 Å². The third-order valence-corrected chi connectivity index (χ3v) is 4.33. The molecule has 1 unspecified atom stereocenters. The van der Waals surface area contributed by atoms with E-state index in [1.54, 1.807) is 24.0 Å². The highest BCUT2D eigenvalue weighted by Crippen LogP contribution is 2.28. The van der Waals surface area contributed by atoms with Gasteiger partial charge in [0, 0.05) is 17.6 Å². The number of amides is 1. The van der Waals surface area contributed by atoms with Gasteiger partial charge < -0.3 is 14.3 Å². The van der Waals surface area contributed by atoms with Crippen LogP contribution in [0.1, 0.15) is 48.1 Å². The maximum Gasteiger partial charge on any atom is 0.260 e. The van der Waals surface area contributed by atoms with Crippen molar-refractivity contribution in [1.29, 1.82) is 0 Å². The minimum absolute atomic E-state index is 0.155. The van der Waals surface area contributed by atoms with Crippen molar-refractivity contribution < 1.29 is 9.21 Å². The molecule has 5 heteroatoms. The maximum absolute atomic E-state index is 13.0. The topological polar surface area (TPSA) is 66.3 Å². The number of carbonyl (C=O) groups is 1. The van der Waals surface area contributed by atoms with E-state index in [4.69, 9.17) is 4.42 Å². The number of nitrogens with one attached hydrogen (secondary N) is 1. The molecular weight excluding hydrogens is 316 g/mol. The van der Waals surface area contributed by atoms with Gasteiger partial charge in [-0.2, -0.15) is 0 Å². The largest absolute Gasteiger partial charge is 0.459 e. The summed E-state index contributed by atoms with van der Waals surface area (Å²) in [5.74, 6) is 0.433. The number of hydrogen-bond acceptors (Lipinski definition) is 3. The molecule has 0 spiro atoms. The molecule has 1 amide bonds. The van der Waals surface area contributed by atoms with E-state index in [1.807, 2.05) is 44.2 Å². The van der Waals surface area contributed by atoms with Crippen LogP contribution in [0.4, 0.5) is 0 Å². The number of benzene rings is 1. The molecule has 2 aromatic heterocycles. The van der Waals surface area contributed by atoms with E-state index < -0.39 is 0 Å². The van der Waals surface area contributed by atoms with Gasteiger partial charge in [-0.3, -0.25) is 9.59 Å². The van der Waals surface area contributed by atoms with Gasteiger partial charge in [0.2, 0.25) is 0 Å². The molecule has 3 aromatic rings. The number of rotatable bonds is 5. The fourth-order valence-corrected chi connectivity index (χ4v) is 2.97. The van der Waals surface area contributed by atoms with Gasteiger partial charge in [0.25, 0.3) is 11.5 Å². The molecule has 3 rings (SSSR count). The standard InChI is InChI=1S/C20H22N2O3/c1-4-11-22(20(24)16-10-9-13(2)21-19(16)23)14(3)18-12-15-7-5-6-8-17(15)25-18/h5-10,12,14H,4,11H2,1-3H3,(H,21,23). The first kappa shape index (κ1) is 17.0. The summed E-state index contributed by atoms with van der Waals surface area (Å²) in [4.78, 5) is 29.5. The number of furan rings is 1. The van der Waals surface area contributed by atoms with Crippen LogP contribution in [-0.2, 0) is 0 Å². The average molecular weight is 338 g/mol. The van der Waals surface area contributed by atoms with Gasteiger partial charge in [-0.05, 0) is 44.5 Å². The Hall–Kier alpha value is -2.82. The van der Waals surface area contributed by atoms with Crippen LogP contribution in [0.5, 0.6) is 0 Å². The molecule has 0 aliphatic carbocycles. The second-order valence-electron chi connectivity index (χ2n) is 6.25. The second kappa shape index (κ2) is 6.97. The second-order valence-corrected chi connectivity index (χ2v) is 6.25. The molecule has 25 heavy (non-hydrogen) atoms. The Morgan fingerprint density at radius 3 is 2.68 bits per heavy atom. The molecule has 0 radical (unpaired) electrons. The number of aryl methyl sites for hydroxylation is 1. The highest BCUT2D eigenvalue weighted by molar-refractivity contribution is 5.94. The van der Waals surface area contributed by atoms with Gasteiger partial charge in [-0.25, -0.2) is 0 Å². The zero-order valence-corrected chi connectivity index (χ0v) is 14.7. The molecule has 0 saturated heterocycles. The fraction of sp³-hybridized carbons (Fsp3) is 0.300. The summed E-state index contributed by atoms with van der Waals surface area (Å²) in [6.07, 6.45) is 0.792. The summed E-state index contributed by atoms with van der Waals surface area (Å²) in [5.41, 5.74) is 1.32. The number of pyridine rings is 1. The lowest BCUT2D eigenvalue weighted by molar-refractivity contribution is 0.0670. The summed E-state index contributed by atoms with van der Waals surface area (Å²) in [6, 6.07) is 12.8. The molecule has 1 aromatic carbocycles. The number of carbonyl (C=O) groups excluding carboxylic acids is 1. The normalized spacial score (nSPS) is 12.3. The number of H-pyrrole nitrogens is 1. The average Bonchev–Trinajstić information content (AvgIpc) is 3.02. The molecule has 0 aliphatic heterocycles. The Labute approximate surface area is 146 Å². The molecule has 0 aliphatic rings. The molecular formula is C20H22N2O3. The molecule has 1 N–H and O–H groups in total. The number of aromatic amines is 1. The lowest BCUT2D eigenvalue weighted by Crippen LogP contribution is -2.37. The van der Waals surface area contributed by atoms with Crippen LogP contribution in [0.2, 0.25) is 0 Å². The van der Waals surface area contributed by atoms with Crippen molar-refractivity contribution in [2.75, 3.05) is 6.54 Å². The Bertz CT molecular complexity index is 922. The fourth-order valence-electron chi connectivity index (χ4n) is 2.97. The van der Waals surface area contributed by atoms with Crippen molar-refractivity contribution in [3.05, 3.63) is 69.8 Å². The minimum Gasteiger partial charge on any atom is -0.459 e. The molecule has 2 heterocycles. The maximum atomic E-state index is 13.0. The van der Waals surface area contributed by atoms with Gasteiger partial charge >= 0.3 is 0 Å².